The van der Waals surface area contributed by atoms with Gasteiger partial charge in [-0.1, -0.05) is 12.1 Å². The van der Waals surface area contributed by atoms with Crippen molar-refractivity contribution < 1.29 is 40.4 Å². The van der Waals surface area contributed by atoms with Gasteiger partial charge in [0.15, 0.2) is 10.7 Å². The van der Waals surface area contributed by atoms with Gasteiger partial charge in [-0.05, 0) is 63.2 Å². The average molecular weight is 639 g/mol. The highest BCUT2D eigenvalue weighted by Crippen LogP contribution is 2.31. The normalized spacial score (nSPS) is 18.8. The number of aromatic nitrogens is 1. The van der Waals surface area contributed by atoms with E-state index in [-0.39, 0.29) is 64.7 Å². The number of amides is 1. The molecule has 234 valence electrons. The smallest absolute Gasteiger partial charge is 0.267 e. The largest absolute Gasteiger partial charge is 0.488 e. The highest BCUT2D eigenvalue weighted by atomic mass is 32.2. The summed E-state index contributed by atoms with van der Waals surface area (Å²) in [6, 6.07) is 8.42. The molecule has 0 saturated carbocycles. The number of ether oxygens (including phenoxy) is 1. The van der Waals surface area contributed by atoms with Crippen molar-refractivity contribution in [1.29, 1.82) is 0 Å². The number of aliphatic hydroxyl groups is 1. The number of hydrogen-bond acceptors (Lipinski definition) is 9. The summed E-state index contributed by atoms with van der Waals surface area (Å²) in [7, 11) is -6.70. The second kappa shape index (κ2) is 12.6. The van der Waals surface area contributed by atoms with Crippen molar-refractivity contribution >= 4 is 31.6 Å². The van der Waals surface area contributed by atoms with E-state index in [1.807, 2.05) is 6.92 Å². The molecule has 0 bridgehead atoms. The van der Waals surface area contributed by atoms with Gasteiger partial charge >= 0.3 is 0 Å². The van der Waals surface area contributed by atoms with Crippen LogP contribution in [0.3, 0.4) is 0 Å². The van der Waals surface area contributed by atoms with E-state index in [0.717, 1.165) is 16.4 Å². The molecule has 2 heterocycles. The molecule has 1 aromatic heterocycles. The number of aryl methyl sites for hydroxylation is 2. The van der Waals surface area contributed by atoms with Gasteiger partial charge in [-0.2, -0.15) is 4.31 Å². The van der Waals surface area contributed by atoms with E-state index >= 15 is 0 Å². The van der Waals surface area contributed by atoms with Gasteiger partial charge in [-0.15, -0.1) is 0 Å². The lowest BCUT2D eigenvalue weighted by molar-refractivity contribution is -0.134. The molecule has 0 radical (unpaired) electrons. The molecular weight excluding hydrogens is 603 g/mol. The average Bonchev–Trinajstić information content (AvgIpc) is 3.31. The highest BCUT2D eigenvalue weighted by Gasteiger charge is 2.34. The monoisotopic (exact) mass is 638 g/mol. The summed E-state index contributed by atoms with van der Waals surface area (Å²) in [6.45, 7) is 6.24. The molecule has 2 N–H and O–H groups in total. The fourth-order valence-corrected chi connectivity index (χ4v) is 7.48. The molecule has 4 rings (SSSR count). The summed E-state index contributed by atoms with van der Waals surface area (Å²) >= 11 is 0. The van der Waals surface area contributed by atoms with E-state index in [1.165, 1.54) is 56.1 Å². The third-order valence-electron chi connectivity index (χ3n) is 7.36. The number of anilines is 1. The highest BCUT2D eigenvalue weighted by molar-refractivity contribution is 7.92. The second-order valence-corrected chi connectivity index (χ2v) is 14.4. The van der Waals surface area contributed by atoms with Gasteiger partial charge in [0.25, 0.3) is 10.0 Å². The summed E-state index contributed by atoms with van der Waals surface area (Å²) in [5.41, 5.74) is 0.718. The summed E-state index contributed by atoms with van der Waals surface area (Å²) < 4.78 is 81.1. The van der Waals surface area contributed by atoms with Crippen molar-refractivity contribution in [3.63, 3.8) is 0 Å². The number of carbonyl (C=O) groups excluding carboxylic acids is 1. The quantitative estimate of drug-likeness (QED) is 0.359. The van der Waals surface area contributed by atoms with Gasteiger partial charge in [0.05, 0.1) is 30.5 Å². The fourth-order valence-electron chi connectivity index (χ4n) is 4.91. The Morgan fingerprint density at radius 3 is 2.44 bits per heavy atom. The molecular formula is C28H35FN4O8S2. The molecule has 1 amide bonds. The van der Waals surface area contributed by atoms with Gasteiger partial charge in [0, 0.05) is 30.8 Å². The number of likely N-dealkylation sites (N-methyl/N-ethyl adjacent to an activating group) is 1. The maximum atomic E-state index is 13.5. The van der Waals surface area contributed by atoms with E-state index in [4.69, 9.17) is 9.26 Å². The topological polar surface area (TPSA) is 159 Å². The molecule has 12 nitrogen and oxygen atoms in total. The number of hydrogen-bond donors (Lipinski definition) is 2. The predicted molar refractivity (Wildman–Crippen MR) is 155 cm³/mol. The number of halogens is 1. The van der Waals surface area contributed by atoms with Crippen molar-refractivity contribution in [2.45, 2.75) is 56.1 Å². The predicted octanol–water partition coefficient (Wildman–Crippen LogP) is 2.70. The maximum Gasteiger partial charge on any atom is 0.267 e. The van der Waals surface area contributed by atoms with Crippen LogP contribution in [0.4, 0.5) is 10.1 Å². The Kier molecular flexibility index (Phi) is 9.49. The zero-order valence-corrected chi connectivity index (χ0v) is 26.1. The number of carbonyl (C=O) groups is 1. The standard InChI is InChI=1S/C28H35FN4O8S2/c1-17-14-33(18(2)16-34)27(35)13-21-12-23(31-42(36,37)28-19(3)30-41-20(28)4)8-11-25(21)40-26(17)15-32(5)43(38,39)24-9-6-22(29)7-10-24/h6-12,17-18,26,31,34H,13-16H2,1-5H3/t17-,18+,26-/m0/s1. The van der Waals surface area contributed by atoms with Crippen molar-refractivity contribution in [3.8, 4) is 5.75 Å². The first-order valence-electron chi connectivity index (χ1n) is 13.5. The van der Waals surface area contributed by atoms with Crippen LogP contribution in [-0.2, 0) is 31.3 Å². The van der Waals surface area contributed by atoms with E-state index in [2.05, 4.69) is 9.88 Å². The van der Waals surface area contributed by atoms with Crippen molar-refractivity contribution in [2.24, 2.45) is 5.92 Å². The van der Waals surface area contributed by atoms with Crippen molar-refractivity contribution in [3.05, 3.63) is 65.3 Å². The number of nitrogens with one attached hydrogen (secondary N) is 1. The molecule has 0 aliphatic carbocycles. The van der Waals surface area contributed by atoms with Crippen molar-refractivity contribution in [1.82, 2.24) is 14.4 Å². The molecule has 0 fully saturated rings. The molecule has 1 aliphatic rings. The van der Waals surface area contributed by atoms with E-state index in [0.29, 0.717) is 5.56 Å². The second-order valence-electron chi connectivity index (χ2n) is 10.7. The third-order valence-corrected chi connectivity index (χ3v) is 10.8. The van der Waals surface area contributed by atoms with Crippen LogP contribution >= 0.6 is 0 Å². The summed E-state index contributed by atoms with van der Waals surface area (Å²) in [4.78, 5) is 14.8. The molecule has 0 spiro atoms. The summed E-state index contributed by atoms with van der Waals surface area (Å²) in [6.07, 6.45) is -0.924. The van der Waals surface area contributed by atoms with Crippen molar-refractivity contribution in [2.75, 3.05) is 31.5 Å². The van der Waals surface area contributed by atoms with E-state index < -0.39 is 43.9 Å². The van der Waals surface area contributed by atoms with Crippen LogP contribution in [0.25, 0.3) is 0 Å². The minimum Gasteiger partial charge on any atom is -0.488 e. The number of benzene rings is 2. The Labute approximate surface area is 250 Å². The summed E-state index contributed by atoms with van der Waals surface area (Å²) in [5.74, 6) is -0.889. The molecule has 3 atom stereocenters. The minimum atomic E-state index is -4.08. The van der Waals surface area contributed by atoms with Crippen LogP contribution in [-0.4, -0.2) is 81.1 Å². The molecule has 15 heteroatoms. The van der Waals surface area contributed by atoms with Crippen LogP contribution in [0, 0.1) is 25.6 Å². The summed E-state index contributed by atoms with van der Waals surface area (Å²) in [5, 5.41) is 13.6. The zero-order valence-electron chi connectivity index (χ0n) is 24.4. The van der Waals surface area contributed by atoms with E-state index in [9.17, 15) is 31.1 Å². The van der Waals surface area contributed by atoms with Crippen LogP contribution in [0.15, 0.2) is 56.8 Å². The lowest BCUT2D eigenvalue weighted by atomic mass is 10.0. The van der Waals surface area contributed by atoms with Crippen LogP contribution in [0.5, 0.6) is 5.75 Å². The van der Waals surface area contributed by atoms with Gasteiger partial charge in [0.1, 0.15) is 23.4 Å². The lowest BCUT2D eigenvalue weighted by Gasteiger charge is -2.33. The SMILES string of the molecule is Cc1noc(C)c1S(=O)(=O)Nc1ccc2c(c1)CC(=O)N([C@H](C)CO)C[C@H](C)[C@H](CN(C)S(=O)(=O)c1ccc(F)cc1)O2. The Bertz CT molecular complexity index is 1670. The molecule has 0 unspecified atom stereocenters. The molecule has 0 saturated heterocycles. The third kappa shape index (κ3) is 7.00. The van der Waals surface area contributed by atoms with Gasteiger partial charge in [0.2, 0.25) is 15.9 Å². The lowest BCUT2D eigenvalue weighted by Crippen LogP contribution is -2.48. The van der Waals surface area contributed by atoms with Gasteiger partial charge in [-0.25, -0.2) is 21.2 Å². The Morgan fingerprint density at radius 1 is 1.16 bits per heavy atom. The molecule has 2 aromatic carbocycles. The molecule has 1 aliphatic heterocycles. The molecule has 43 heavy (non-hydrogen) atoms. The van der Waals surface area contributed by atoms with Gasteiger partial charge in [-0.3, -0.25) is 9.52 Å². The first kappa shape index (κ1) is 32.4. The maximum absolute atomic E-state index is 13.5. The number of fused-ring (bicyclic) bond motifs is 1. The zero-order chi connectivity index (χ0) is 31.7. The first-order valence-corrected chi connectivity index (χ1v) is 16.4. The van der Waals surface area contributed by atoms with Crippen LogP contribution < -0.4 is 9.46 Å². The Hall–Kier alpha value is -3.53. The van der Waals surface area contributed by atoms with Crippen LogP contribution in [0.2, 0.25) is 0 Å². The minimum absolute atomic E-state index is 0.0894. The first-order chi connectivity index (χ1) is 20.1. The Balaban J connectivity index is 1.69. The molecule has 3 aromatic rings. The fraction of sp³-hybridized carbons (Fsp3) is 0.429. The number of nitrogens with zero attached hydrogens (tertiary/aromatic N) is 3. The number of rotatable bonds is 9. The number of sulfonamides is 2. The number of aliphatic hydroxyl groups excluding tert-OH is 1. The van der Waals surface area contributed by atoms with Gasteiger partial charge < -0.3 is 19.3 Å². The Morgan fingerprint density at radius 2 is 1.84 bits per heavy atom. The van der Waals surface area contributed by atoms with E-state index in [1.54, 1.807) is 6.92 Å². The van der Waals surface area contributed by atoms with Crippen LogP contribution in [0.1, 0.15) is 30.9 Å².